The second-order valence-corrected chi connectivity index (χ2v) is 5.85. The number of hydrogen-bond acceptors (Lipinski definition) is 4. The van der Waals surface area contributed by atoms with Gasteiger partial charge in [-0.3, -0.25) is 13.9 Å². The normalized spacial score (nSPS) is 10.7. The second kappa shape index (κ2) is 7.17. The van der Waals surface area contributed by atoms with Gasteiger partial charge >= 0.3 is 5.69 Å². The van der Waals surface area contributed by atoms with Crippen LogP contribution in [0.15, 0.2) is 51.0 Å². The smallest absolute Gasteiger partial charge is 0.331 e. The van der Waals surface area contributed by atoms with Crippen LogP contribution in [0.2, 0.25) is 0 Å². The molecule has 21 heavy (non-hydrogen) atoms. The summed E-state index contributed by atoms with van der Waals surface area (Å²) < 4.78 is 2.73. The van der Waals surface area contributed by atoms with Gasteiger partial charge < -0.3 is 5.73 Å². The molecule has 2 aromatic rings. The number of thioether (sulfide) groups is 1. The van der Waals surface area contributed by atoms with Crippen LogP contribution in [-0.2, 0) is 13.1 Å². The van der Waals surface area contributed by atoms with Crippen LogP contribution < -0.4 is 17.0 Å². The van der Waals surface area contributed by atoms with E-state index in [-0.39, 0.29) is 11.4 Å². The van der Waals surface area contributed by atoms with E-state index in [2.05, 4.69) is 0 Å². The molecule has 0 bridgehead atoms. The standard InChI is InChI=1S/C15H19N3O2S/c1-2-8-17-11-13(16)14(19)18(15(17)20)9-10-21-12-6-4-3-5-7-12/h3-7,11H,2,8-10,16H2,1H3. The molecule has 0 saturated heterocycles. The third kappa shape index (κ3) is 3.78. The van der Waals surface area contributed by atoms with Crippen LogP contribution in [0.4, 0.5) is 5.69 Å². The predicted octanol–water partition coefficient (Wildman–Crippen LogP) is 1.79. The van der Waals surface area contributed by atoms with Crippen LogP contribution in [-0.4, -0.2) is 14.9 Å². The molecule has 0 atom stereocenters. The minimum absolute atomic E-state index is 0.118. The number of hydrogen-bond donors (Lipinski definition) is 1. The molecule has 0 radical (unpaired) electrons. The topological polar surface area (TPSA) is 70.0 Å². The molecular weight excluding hydrogens is 286 g/mol. The van der Waals surface area contributed by atoms with Crippen molar-refractivity contribution in [1.82, 2.24) is 9.13 Å². The summed E-state index contributed by atoms with van der Waals surface area (Å²) in [5.74, 6) is 0.648. The van der Waals surface area contributed by atoms with E-state index in [1.807, 2.05) is 37.3 Å². The van der Waals surface area contributed by atoms with Gasteiger partial charge in [-0.1, -0.05) is 25.1 Å². The molecule has 0 saturated carbocycles. The predicted molar refractivity (Wildman–Crippen MR) is 86.8 cm³/mol. The molecule has 2 rings (SSSR count). The van der Waals surface area contributed by atoms with E-state index in [4.69, 9.17) is 5.73 Å². The third-order valence-electron chi connectivity index (χ3n) is 3.05. The molecule has 0 unspecified atom stereocenters. The number of rotatable bonds is 6. The molecule has 1 heterocycles. The van der Waals surface area contributed by atoms with Crippen molar-refractivity contribution in [3.8, 4) is 0 Å². The van der Waals surface area contributed by atoms with Gasteiger partial charge in [0.25, 0.3) is 5.56 Å². The van der Waals surface area contributed by atoms with E-state index in [9.17, 15) is 9.59 Å². The van der Waals surface area contributed by atoms with Crippen LogP contribution in [0.25, 0.3) is 0 Å². The summed E-state index contributed by atoms with van der Waals surface area (Å²) in [7, 11) is 0. The van der Waals surface area contributed by atoms with Crippen molar-refractivity contribution in [2.24, 2.45) is 0 Å². The van der Waals surface area contributed by atoms with Crippen LogP contribution in [0.3, 0.4) is 0 Å². The molecule has 2 N–H and O–H groups in total. The summed E-state index contributed by atoms with van der Waals surface area (Å²) in [6.45, 7) is 2.89. The maximum atomic E-state index is 12.2. The Bertz CT molecular complexity index is 707. The Morgan fingerprint density at radius 1 is 1.14 bits per heavy atom. The molecule has 6 heteroatoms. The highest BCUT2D eigenvalue weighted by Gasteiger charge is 2.08. The lowest BCUT2D eigenvalue weighted by molar-refractivity contribution is 0.567. The fourth-order valence-corrected chi connectivity index (χ4v) is 2.91. The Morgan fingerprint density at radius 2 is 1.86 bits per heavy atom. The lowest BCUT2D eigenvalue weighted by atomic mass is 10.4. The summed E-state index contributed by atoms with van der Waals surface area (Å²) in [6.07, 6.45) is 2.26. The minimum atomic E-state index is -0.402. The second-order valence-electron chi connectivity index (χ2n) is 4.68. The van der Waals surface area contributed by atoms with E-state index < -0.39 is 5.56 Å². The van der Waals surface area contributed by atoms with E-state index >= 15 is 0 Å². The first-order chi connectivity index (χ1) is 10.1. The Labute approximate surface area is 127 Å². The van der Waals surface area contributed by atoms with Crippen LogP contribution in [0.1, 0.15) is 13.3 Å². The first-order valence-corrected chi connectivity index (χ1v) is 7.89. The number of nitrogens with zero attached hydrogens (tertiary/aromatic N) is 2. The Balaban J connectivity index is 2.16. The number of anilines is 1. The number of benzene rings is 1. The van der Waals surface area contributed by atoms with Crippen molar-refractivity contribution in [3.63, 3.8) is 0 Å². The number of nitrogens with two attached hydrogens (primary N) is 1. The molecule has 1 aromatic heterocycles. The van der Waals surface area contributed by atoms with Crippen molar-refractivity contribution in [2.45, 2.75) is 31.3 Å². The zero-order chi connectivity index (χ0) is 15.2. The van der Waals surface area contributed by atoms with Gasteiger partial charge in [-0.2, -0.15) is 0 Å². The van der Waals surface area contributed by atoms with Crippen molar-refractivity contribution < 1.29 is 0 Å². The van der Waals surface area contributed by atoms with Gasteiger partial charge in [-0.05, 0) is 18.6 Å². The number of nitrogen functional groups attached to an aromatic ring is 1. The molecule has 1 aromatic carbocycles. The maximum Gasteiger partial charge on any atom is 0.331 e. The van der Waals surface area contributed by atoms with Gasteiger partial charge in [0.15, 0.2) is 0 Å². The Hall–Kier alpha value is -1.95. The molecule has 0 aliphatic rings. The van der Waals surface area contributed by atoms with Crippen molar-refractivity contribution >= 4 is 17.4 Å². The molecule has 0 aliphatic carbocycles. The Morgan fingerprint density at radius 3 is 2.52 bits per heavy atom. The fourth-order valence-electron chi connectivity index (χ4n) is 2.05. The van der Waals surface area contributed by atoms with Gasteiger partial charge in [-0.25, -0.2) is 4.79 Å². The van der Waals surface area contributed by atoms with Gasteiger partial charge in [0.2, 0.25) is 0 Å². The molecule has 0 fully saturated rings. The van der Waals surface area contributed by atoms with Crippen LogP contribution in [0, 0.1) is 0 Å². The molecule has 112 valence electrons. The molecule has 0 aliphatic heterocycles. The lowest BCUT2D eigenvalue weighted by Crippen LogP contribution is -2.41. The van der Waals surface area contributed by atoms with Crippen molar-refractivity contribution in [1.29, 1.82) is 0 Å². The van der Waals surface area contributed by atoms with E-state index in [0.717, 1.165) is 11.3 Å². The lowest BCUT2D eigenvalue weighted by Gasteiger charge is -2.10. The molecular formula is C15H19N3O2S. The minimum Gasteiger partial charge on any atom is -0.393 e. The highest BCUT2D eigenvalue weighted by Crippen LogP contribution is 2.16. The van der Waals surface area contributed by atoms with Gasteiger partial charge in [-0.15, -0.1) is 11.8 Å². The van der Waals surface area contributed by atoms with Crippen molar-refractivity contribution in [3.05, 3.63) is 57.4 Å². The van der Waals surface area contributed by atoms with Crippen LogP contribution >= 0.6 is 11.8 Å². The van der Waals surface area contributed by atoms with E-state index in [1.54, 1.807) is 11.8 Å². The first kappa shape index (κ1) is 15.4. The first-order valence-electron chi connectivity index (χ1n) is 6.91. The summed E-state index contributed by atoms with van der Waals surface area (Å²) in [6, 6.07) is 9.88. The van der Waals surface area contributed by atoms with Gasteiger partial charge in [0.05, 0.1) is 0 Å². The van der Waals surface area contributed by atoms with Gasteiger partial charge in [0.1, 0.15) is 5.69 Å². The van der Waals surface area contributed by atoms with E-state index in [1.165, 1.54) is 15.3 Å². The highest BCUT2D eigenvalue weighted by molar-refractivity contribution is 7.99. The number of aryl methyl sites for hydroxylation is 1. The Kier molecular flexibility index (Phi) is 5.27. The zero-order valence-electron chi connectivity index (χ0n) is 12.0. The molecule has 5 nitrogen and oxygen atoms in total. The quantitative estimate of drug-likeness (QED) is 0.826. The van der Waals surface area contributed by atoms with E-state index in [0.29, 0.717) is 18.8 Å². The SMILES string of the molecule is CCCn1cc(N)c(=O)n(CCSc2ccccc2)c1=O. The summed E-state index contributed by atoms with van der Waals surface area (Å²) in [5, 5.41) is 0. The largest absolute Gasteiger partial charge is 0.393 e. The monoisotopic (exact) mass is 305 g/mol. The maximum absolute atomic E-state index is 12.2. The average Bonchev–Trinajstić information content (AvgIpc) is 2.49. The van der Waals surface area contributed by atoms with Gasteiger partial charge in [0, 0.05) is 29.9 Å². The summed E-state index contributed by atoms with van der Waals surface area (Å²) in [5.41, 5.74) is 5.13. The number of aromatic nitrogens is 2. The molecule has 0 spiro atoms. The van der Waals surface area contributed by atoms with Crippen molar-refractivity contribution in [2.75, 3.05) is 11.5 Å². The van der Waals surface area contributed by atoms with Crippen LogP contribution in [0.5, 0.6) is 0 Å². The fraction of sp³-hybridized carbons (Fsp3) is 0.333. The summed E-state index contributed by atoms with van der Waals surface area (Å²) in [4.78, 5) is 25.4. The zero-order valence-corrected chi connectivity index (χ0v) is 12.8. The summed E-state index contributed by atoms with van der Waals surface area (Å²) >= 11 is 1.61. The third-order valence-corrected chi connectivity index (χ3v) is 4.05. The molecule has 0 amide bonds. The average molecular weight is 305 g/mol. The highest BCUT2D eigenvalue weighted by atomic mass is 32.2.